The molecule has 1 aromatic carbocycles. The molecule has 1 fully saturated rings. The van der Waals surface area contributed by atoms with Crippen LogP contribution < -0.4 is 10.6 Å². The molecule has 0 spiro atoms. The zero-order valence-electron chi connectivity index (χ0n) is 11.0. The zero-order valence-corrected chi connectivity index (χ0v) is 13.2. The molecule has 0 bridgehead atoms. The number of nitrogens with zero attached hydrogens (tertiary/aromatic N) is 1. The molecule has 2 N–H and O–H groups in total. The first kappa shape index (κ1) is 14.6. The molecular weight excluding hydrogens is 353 g/mol. The molecule has 19 heavy (non-hydrogen) atoms. The number of hydrogen-bond acceptors (Lipinski definition) is 2. The molecule has 2 amide bonds. The number of nitrogens with one attached hydrogen (secondary N) is 2. The van der Waals surface area contributed by atoms with E-state index in [1.165, 1.54) is 32.4 Å². The van der Waals surface area contributed by atoms with E-state index in [0.717, 1.165) is 15.8 Å². The molecule has 2 rings (SSSR count). The highest BCUT2D eigenvalue weighted by atomic mass is 127. The van der Waals surface area contributed by atoms with E-state index in [1.54, 1.807) is 0 Å². The van der Waals surface area contributed by atoms with Crippen molar-refractivity contribution in [3.8, 4) is 0 Å². The minimum Gasteiger partial charge on any atom is -0.337 e. The van der Waals surface area contributed by atoms with Crippen LogP contribution in [0.25, 0.3) is 0 Å². The predicted molar refractivity (Wildman–Crippen MR) is 86.5 cm³/mol. The molecule has 1 saturated heterocycles. The average molecular weight is 373 g/mol. The third kappa shape index (κ3) is 5.36. The van der Waals surface area contributed by atoms with Gasteiger partial charge in [0.2, 0.25) is 0 Å². The van der Waals surface area contributed by atoms with Crippen molar-refractivity contribution in [1.82, 2.24) is 10.2 Å². The van der Waals surface area contributed by atoms with Gasteiger partial charge in [0.1, 0.15) is 0 Å². The molecule has 0 aromatic heterocycles. The molecule has 104 valence electrons. The smallest absolute Gasteiger partial charge is 0.319 e. The molecule has 0 aliphatic carbocycles. The lowest BCUT2D eigenvalue weighted by Gasteiger charge is -2.26. The van der Waals surface area contributed by atoms with Crippen molar-refractivity contribution in [3.63, 3.8) is 0 Å². The van der Waals surface area contributed by atoms with Gasteiger partial charge in [0.25, 0.3) is 0 Å². The highest BCUT2D eigenvalue weighted by Gasteiger charge is 2.09. The number of urea groups is 1. The Morgan fingerprint density at radius 2 is 1.84 bits per heavy atom. The van der Waals surface area contributed by atoms with E-state index >= 15 is 0 Å². The maximum Gasteiger partial charge on any atom is 0.319 e. The summed E-state index contributed by atoms with van der Waals surface area (Å²) < 4.78 is 1.16. The Morgan fingerprint density at radius 3 is 2.53 bits per heavy atom. The predicted octanol–water partition coefficient (Wildman–Crippen LogP) is 2.90. The highest BCUT2D eigenvalue weighted by Crippen LogP contribution is 2.11. The Bertz CT molecular complexity index is 402. The first-order valence-corrected chi connectivity index (χ1v) is 7.85. The summed E-state index contributed by atoms with van der Waals surface area (Å²) in [5, 5.41) is 5.73. The summed E-state index contributed by atoms with van der Waals surface area (Å²) in [6, 6.07) is 7.64. The van der Waals surface area contributed by atoms with E-state index in [-0.39, 0.29) is 6.03 Å². The number of halogens is 1. The van der Waals surface area contributed by atoms with Crippen LogP contribution in [0.15, 0.2) is 24.3 Å². The van der Waals surface area contributed by atoms with Crippen LogP contribution >= 0.6 is 22.6 Å². The summed E-state index contributed by atoms with van der Waals surface area (Å²) in [6.45, 7) is 3.98. The van der Waals surface area contributed by atoms with Crippen LogP contribution in [0.1, 0.15) is 19.3 Å². The van der Waals surface area contributed by atoms with Crippen molar-refractivity contribution in [2.75, 3.05) is 31.5 Å². The number of likely N-dealkylation sites (tertiary alicyclic amines) is 1. The monoisotopic (exact) mass is 373 g/mol. The summed E-state index contributed by atoms with van der Waals surface area (Å²) in [5.74, 6) is 0. The summed E-state index contributed by atoms with van der Waals surface area (Å²) >= 11 is 2.24. The number of rotatable bonds is 4. The Morgan fingerprint density at radius 1 is 1.16 bits per heavy atom. The fraction of sp³-hybridized carbons (Fsp3) is 0.500. The SMILES string of the molecule is O=C(NCCN1CCCCC1)Nc1ccc(I)cc1. The van der Waals surface area contributed by atoms with Gasteiger partial charge in [-0.3, -0.25) is 0 Å². The lowest BCUT2D eigenvalue weighted by molar-refractivity contribution is 0.224. The van der Waals surface area contributed by atoms with Crippen molar-refractivity contribution in [2.24, 2.45) is 0 Å². The first-order chi connectivity index (χ1) is 9.24. The number of carbonyl (C=O) groups excluding carboxylic acids is 1. The molecule has 1 aliphatic heterocycles. The minimum atomic E-state index is -0.127. The molecule has 0 unspecified atom stereocenters. The van der Waals surface area contributed by atoms with E-state index in [9.17, 15) is 4.79 Å². The number of hydrogen-bond donors (Lipinski definition) is 2. The van der Waals surface area contributed by atoms with Gasteiger partial charge in [0.15, 0.2) is 0 Å². The van der Waals surface area contributed by atoms with Crippen molar-refractivity contribution in [2.45, 2.75) is 19.3 Å². The van der Waals surface area contributed by atoms with Gasteiger partial charge < -0.3 is 15.5 Å². The molecule has 5 heteroatoms. The number of anilines is 1. The van der Waals surface area contributed by atoms with Gasteiger partial charge in [-0.05, 0) is 72.8 Å². The second kappa shape index (κ2) is 7.69. The topological polar surface area (TPSA) is 44.4 Å². The Kier molecular flexibility index (Phi) is 5.91. The maximum atomic E-state index is 11.7. The van der Waals surface area contributed by atoms with Crippen LogP contribution in [0.4, 0.5) is 10.5 Å². The normalized spacial score (nSPS) is 16.1. The average Bonchev–Trinajstić information content (AvgIpc) is 2.43. The van der Waals surface area contributed by atoms with E-state index in [2.05, 4.69) is 38.1 Å². The summed E-state index contributed by atoms with van der Waals surface area (Å²) in [6.07, 6.45) is 3.92. The van der Waals surface area contributed by atoms with Gasteiger partial charge in [-0.25, -0.2) is 4.79 Å². The van der Waals surface area contributed by atoms with Gasteiger partial charge in [-0.1, -0.05) is 6.42 Å². The molecule has 0 atom stereocenters. The summed E-state index contributed by atoms with van der Waals surface area (Å²) in [5.41, 5.74) is 0.830. The van der Waals surface area contributed by atoms with Crippen molar-refractivity contribution < 1.29 is 4.79 Å². The second-order valence-corrected chi connectivity index (χ2v) is 6.04. The fourth-order valence-corrected chi connectivity index (χ4v) is 2.58. The van der Waals surface area contributed by atoms with Crippen molar-refractivity contribution >= 4 is 34.3 Å². The Hall–Kier alpha value is -0.820. The number of piperidine rings is 1. The van der Waals surface area contributed by atoms with Crippen molar-refractivity contribution in [3.05, 3.63) is 27.8 Å². The van der Waals surface area contributed by atoms with Gasteiger partial charge in [0.05, 0.1) is 0 Å². The standard InChI is InChI=1S/C14H20IN3O/c15-12-4-6-13(7-5-12)17-14(19)16-8-11-18-9-2-1-3-10-18/h4-7H,1-3,8-11H2,(H2,16,17,19). The highest BCUT2D eigenvalue weighted by molar-refractivity contribution is 14.1. The molecule has 1 aliphatic rings. The number of amides is 2. The minimum absolute atomic E-state index is 0.127. The lowest BCUT2D eigenvalue weighted by atomic mass is 10.1. The van der Waals surface area contributed by atoms with Crippen molar-refractivity contribution in [1.29, 1.82) is 0 Å². The third-order valence-electron chi connectivity index (χ3n) is 3.26. The van der Waals surface area contributed by atoms with E-state index in [0.29, 0.717) is 6.54 Å². The summed E-state index contributed by atoms with van der Waals surface area (Å²) in [7, 11) is 0. The first-order valence-electron chi connectivity index (χ1n) is 6.77. The number of benzene rings is 1. The van der Waals surface area contributed by atoms with Crippen LogP contribution in [0.5, 0.6) is 0 Å². The quantitative estimate of drug-likeness (QED) is 0.798. The molecule has 0 saturated carbocycles. The van der Waals surface area contributed by atoms with Gasteiger partial charge in [0, 0.05) is 22.3 Å². The van der Waals surface area contributed by atoms with Crippen LogP contribution in [-0.4, -0.2) is 37.1 Å². The van der Waals surface area contributed by atoms with Gasteiger partial charge >= 0.3 is 6.03 Å². The number of carbonyl (C=O) groups is 1. The second-order valence-electron chi connectivity index (χ2n) is 4.79. The van der Waals surface area contributed by atoms with E-state index in [4.69, 9.17) is 0 Å². The summed E-state index contributed by atoms with van der Waals surface area (Å²) in [4.78, 5) is 14.1. The molecule has 1 aromatic rings. The van der Waals surface area contributed by atoms with Gasteiger partial charge in [-0.2, -0.15) is 0 Å². The lowest BCUT2D eigenvalue weighted by Crippen LogP contribution is -2.39. The van der Waals surface area contributed by atoms with Crippen LogP contribution in [0.3, 0.4) is 0 Å². The van der Waals surface area contributed by atoms with Crippen LogP contribution in [0, 0.1) is 3.57 Å². The van der Waals surface area contributed by atoms with Gasteiger partial charge in [-0.15, -0.1) is 0 Å². The zero-order chi connectivity index (χ0) is 13.5. The Labute approximate surface area is 128 Å². The van der Waals surface area contributed by atoms with E-state index in [1.807, 2.05) is 24.3 Å². The largest absolute Gasteiger partial charge is 0.337 e. The molecule has 0 radical (unpaired) electrons. The molecule has 4 nitrogen and oxygen atoms in total. The van der Waals surface area contributed by atoms with Crippen LogP contribution in [-0.2, 0) is 0 Å². The molecule has 1 heterocycles. The van der Waals surface area contributed by atoms with Crippen LogP contribution in [0.2, 0.25) is 0 Å². The molecular formula is C14H20IN3O. The third-order valence-corrected chi connectivity index (χ3v) is 3.98. The maximum absolute atomic E-state index is 11.7. The fourth-order valence-electron chi connectivity index (χ4n) is 2.22. The Balaban J connectivity index is 1.65. The van der Waals surface area contributed by atoms with E-state index < -0.39 is 0 Å².